The number of likely N-dealkylation sites (tertiary alicyclic amines) is 1. The van der Waals surface area contributed by atoms with Crippen LogP contribution in [0, 0.1) is 12.8 Å². The fraction of sp³-hybridized carbons (Fsp3) is 0.583. The Kier molecular flexibility index (Phi) is 10.7. The van der Waals surface area contributed by atoms with Gasteiger partial charge in [-0.25, -0.2) is 9.78 Å². The molecule has 4 heterocycles. The molecule has 1 unspecified atom stereocenters. The van der Waals surface area contributed by atoms with Crippen molar-refractivity contribution in [3.05, 3.63) is 52.9 Å². The van der Waals surface area contributed by atoms with Crippen molar-refractivity contribution in [2.75, 3.05) is 24.5 Å². The molecular formula is C36H50N6O6S. The molecule has 3 amide bonds. The molecule has 266 valence electrons. The molecular weight excluding hydrogens is 644 g/mol. The van der Waals surface area contributed by atoms with Gasteiger partial charge in [0, 0.05) is 44.2 Å². The van der Waals surface area contributed by atoms with E-state index < -0.39 is 23.7 Å². The number of piperazine rings is 1. The normalized spacial score (nSPS) is 22.7. The molecule has 0 aliphatic carbocycles. The number of ether oxygens (including phenoxy) is 1. The molecule has 5 rings (SSSR count). The summed E-state index contributed by atoms with van der Waals surface area (Å²) in [6.45, 7) is 18.3. The van der Waals surface area contributed by atoms with Crippen LogP contribution in [0.5, 0.6) is 0 Å². The highest BCUT2D eigenvalue weighted by Crippen LogP contribution is 2.34. The molecule has 0 bridgehead atoms. The van der Waals surface area contributed by atoms with Gasteiger partial charge in [-0.1, -0.05) is 43.3 Å². The zero-order valence-electron chi connectivity index (χ0n) is 30.0. The number of benzene rings is 1. The predicted octanol–water partition coefficient (Wildman–Crippen LogP) is 5.52. The molecule has 0 spiro atoms. The first-order valence-electron chi connectivity index (χ1n) is 17.1. The summed E-state index contributed by atoms with van der Waals surface area (Å²) in [6.07, 6.45) is -1.02. The molecule has 2 N–H and O–H groups in total. The summed E-state index contributed by atoms with van der Waals surface area (Å²) in [4.78, 5) is 51.4. The van der Waals surface area contributed by atoms with E-state index in [2.05, 4.69) is 20.4 Å². The van der Waals surface area contributed by atoms with Crippen molar-refractivity contribution < 1.29 is 28.8 Å². The first-order chi connectivity index (χ1) is 23.0. The summed E-state index contributed by atoms with van der Waals surface area (Å²) < 4.78 is 11.4. The van der Waals surface area contributed by atoms with E-state index >= 15 is 0 Å². The van der Waals surface area contributed by atoms with Crippen molar-refractivity contribution >= 4 is 35.1 Å². The number of hydrogen-bond donors (Lipinski definition) is 2. The molecule has 2 aromatic heterocycles. The second-order valence-electron chi connectivity index (χ2n) is 14.8. The number of aromatic nitrogens is 2. The highest BCUT2D eigenvalue weighted by Gasteiger charge is 2.44. The Balaban J connectivity index is 1.27. The molecule has 12 nitrogen and oxygen atoms in total. The molecule has 49 heavy (non-hydrogen) atoms. The highest BCUT2D eigenvalue weighted by atomic mass is 32.1. The van der Waals surface area contributed by atoms with Crippen molar-refractivity contribution in [3.8, 4) is 10.4 Å². The van der Waals surface area contributed by atoms with Gasteiger partial charge in [0.25, 0.3) is 0 Å². The molecule has 1 aromatic carbocycles. The van der Waals surface area contributed by atoms with Crippen molar-refractivity contribution in [1.82, 2.24) is 25.3 Å². The summed E-state index contributed by atoms with van der Waals surface area (Å²) in [7, 11) is 0. The monoisotopic (exact) mass is 694 g/mol. The molecule has 3 aromatic rings. The van der Waals surface area contributed by atoms with Gasteiger partial charge in [-0.05, 0) is 65.5 Å². The van der Waals surface area contributed by atoms with Crippen LogP contribution in [0.25, 0.3) is 10.4 Å². The Morgan fingerprint density at radius 2 is 1.73 bits per heavy atom. The second kappa shape index (κ2) is 14.5. The van der Waals surface area contributed by atoms with Crippen molar-refractivity contribution in [1.29, 1.82) is 0 Å². The number of nitrogens with one attached hydrogen (secondary N) is 1. The summed E-state index contributed by atoms with van der Waals surface area (Å²) in [5, 5.41) is 18.1. The number of nitrogens with zero attached hydrogens (tertiary/aromatic N) is 5. The van der Waals surface area contributed by atoms with Crippen LogP contribution in [-0.2, 0) is 14.3 Å². The average Bonchev–Trinajstić information content (AvgIpc) is 3.77. The van der Waals surface area contributed by atoms with Gasteiger partial charge in [-0.15, -0.1) is 11.3 Å². The quantitative estimate of drug-likeness (QED) is 0.312. The third-order valence-electron chi connectivity index (χ3n) is 9.31. The lowest BCUT2D eigenvalue weighted by Crippen LogP contribution is -2.59. The van der Waals surface area contributed by atoms with Gasteiger partial charge in [0.2, 0.25) is 11.8 Å². The van der Waals surface area contributed by atoms with E-state index in [4.69, 9.17) is 9.26 Å². The Morgan fingerprint density at radius 1 is 1.04 bits per heavy atom. The average molecular weight is 695 g/mol. The molecule has 2 saturated heterocycles. The Hall–Kier alpha value is -3.97. The number of rotatable bonds is 8. The van der Waals surface area contributed by atoms with E-state index in [0.29, 0.717) is 24.7 Å². The van der Waals surface area contributed by atoms with E-state index in [1.54, 1.807) is 22.3 Å². The number of aliphatic hydroxyl groups is 1. The summed E-state index contributed by atoms with van der Waals surface area (Å²) in [6, 6.07) is 8.46. The fourth-order valence-corrected chi connectivity index (χ4v) is 7.51. The van der Waals surface area contributed by atoms with E-state index in [1.165, 1.54) is 4.90 Å². The van der Waals surface area contributed by atoms with Crippen LogP contribution in [0.4, 0.5) is 10.6 Å². The number of hydrogen-bond acceptors (Lipinski definition) is 10. The molecule has 2 aliphatic rings. The summed E-state index contributed by atoms with van der Waals surface area (Å²) in [5.74, 6) is -0.506. The lowest BCUT2D eigenvalue weighted by molar-refractivity contribution is -0.141. The largest absolute Gasteiger partial charge is 0.444 e. The third kappa shape index (κ3) is 8.09. The zero-order valence-corrected chi connectivity index (χ0v) is 30.8. The van der Waals surface area contributed by atoms with Crippen LogP contribution in [-0.4, -0.2) is 92.4 Å². The van der Waals surface area contributed by atoms with Gasteiger partial charge in [0.1, 0.15) is 17.6 Å². The van der Waals surface area contributed by atoms with Crippen LogP contribution in [0.2, 0.25) is 0 Å². The number of aryl methyl sites for hydroxylation is 1. The lowest BCUT2D eigenvalue weighted by Gasteiger charge is -2.44. The third-order valence-corrected chi connectivity index (χ3v) is 10.3. The van der Waals surface area contributed by atoms with E-state index in [-0.39, 0.29) is 54.9 Å². The standard InChI is InChI=1S/C36H50N6O6S/c1-20(2)31(29-15-30(39-48-29)40-16-22(4)41(17-21(40)3)35(46)47-36(7,8)9)34(45)42-18-27(43)14-28(42)33(44)38-23(5)25-10-12-26(13-11-25)32-24(6)37-19-49-32/h10-13,15,19-23,27-28,31,43H,14,16-18H2,1-9H3,(H,38,44)/t21-,22+,23-,27+,28-,31?/m0/s1. The van der Waals surface area contributed by atoms with Crippen molar-refractivity contribution in [2.24, 2.45) is 5.92 Å². The molecule has 6 atom stereocenters. The molecule has 2 fully saturated rings. The number of β-amino-alcohol motifs (C(OH)–C–C–N with tert-alkyl or cyclic N) is 1. The van der Waals surface area contributed by atoms with Crippen LogP contribution in [0.1, 0.15) is 90.8 Å². The number of amides is 3. The predicted molar refractivity (Wildman–Crippen MR) is 188 cm³/mol. The summed E-state index contributed by atoms with van der Waals surface area (Å²) in [5.41, 5.74) is 4.22. The van der Waals surface area contributed by atoms with Crippen molar-refractivity contribution in [3.63, 3.8) is 0 Å². The number of anilines is 1. The lowest BCUT2D eigenvalue weighted by atomic mass is 9.91. The Labute approximate surface area is 292 Å². The molecule has 0 radical (unpaired) electrons. The van der Waals surface area contributed by atoms with Gasteiger partial charge in [0.05, 0.1) is 28.2 Å². The minimum absolute atomic E-state index is 0.0551. The van der Waals surface area contributed by atoms with Gasteiger partial charge in [0.15, 0.2) is 11.6 Å². The highest BCUT2D eigenvalue weighted by molar-refractivity contribution is 7.13. The maximum Gasteiger partial charge on any atom is 0.410 e. The number of aliphatic hydroxyl groups excluding tert-OH is 1. The smallest absolute Gasteiger partial charge is 0.410 e. The first kappa shape index (κ1) is 36.3. The Bertz CT molecular complexity index is 1630. The van der Waals surface area contributed by atoms with Gasteiger partial charge >= 0.3 is 6.09 Å². The van der Waals surface area contributed by atoms with Crippen LogP contribution < -0.4 is 10.2 Å². The fourth-order valence-electron chi connectivity index (χ4n) is 6.70. The molecule has 0 saturated carbocycles. The van der Waals surface area contributed by atoms with E-state index in [0.717, 1.165) is 21.7 Å². The van der Waals surface area contributed by atoms with Crippen LogP contribution >= 0.6 is 11.3 Å². The maximum atomic E-state index is 14.2. The van der Waals surface area contributed by atoms with Crippen LogP contribution in [0.15, 0.2) is 40.4 Å². The molecule has 2 aliphatic heterocycles. The van der Waals surface area contributed by atoms with Gasteiger partial charge < -0.3 is 34.4 Å². The summed E-state index contributed by atoms with van der Waals surface area (Å²) >= 11 is 1.59. The van der Waals surface area contributed by atoms with Gasteiger partial charge in [-0.3, -0.25) is 9.59 Å². The minimum Gasteiger partial charge on any atom is -0.444 e. The first-order valence-corrected chi connectivity index (χ1v) is 17.9. The minimum atomic E-state index is -0.825. The second-order valence-corrected chi connectivity index (χ2v) is 15.7. The van der Waals surface area contributed by atoms with Gasteiger partial charge in [-0.2, -0.15) is 0 Å². The van der Waals surface area contributed by atoms with E-state index in [9.17, 15) is 19.5 Å². The number of carbonyl (C=O) groups excluding carboxylic acids is 3. The maximum absolute atomic E-state index is 14.2. The number of thiazole rings is 1. The Morgan fingerprint density at radius 3 is 2.35 bits per heavy atom. The topological polar surface area (TPSA) is 141 Å². The van der Waals surface area contributed by atoms with E-state index in [1.807, 2.05) is 92.1 Å². The van der Waals surface area contributed by atoms with Crippen LogP contribution in [0.3, 0.4) is 0 Å². The van der Waals surface area contributed by atoms with Crippen molar-refractivity contribution in [2.45, 2.75) is 111 Å². The number of carbonyl (C=O) groups is 3. The SMILES string of the molecule is Cc1ncsc1-c1ccc([C@H](C)NC(=O)[C@@H]2C[C@@H](O)CN2C(=O)C(c2cc(N3C[C@@H](C)N(C(=O)OC(C)(C)C)C[C@@H]3C)no2)C(C)C)cc1. The zero-order chi connectivity index (χ0) is 35.8. The molecule has 13 heteroatoms.